The van der Waals surface area contributed by atoms with Crippen LogP contribution in [0.1, 0.15) is 28.0 Å². The Morgan fingerprint density at radius 2 is 1.97 bits per heavy atom. The van der Waals surface area contributed by atoms with E-state index in [1.807, 2.05) is 22.6 Å². The largest absolute Gasteiger partial charge is 0.495 e. The fraction of sp³-hybridized carbons (Fsp3) is 0.333. The summed E-state index contributed by atoms with van der Waals surface area (Å²) in [5.74, 6) is -1.05. The Kier molecular flexibility index (Phi) is 6.71. The maximum absolute atomic E-state index is 13.5. The zero-order valence-corrected chi connectivity index (χ0v) is 18.5. The van der Waals surface area contributed by atoms with Gasteiger partial charge in [0.25, 0.3) is 5.91 Å². The van der Waals surface area contributed by atoms with Crippen molar-refractivity contribution in [1.29, 1.82) is 0 Å². The number of hydrogen-bond acceptors (Lipinski definition) is 5. The van der Waals surface area contributed by atoms with E-state index in [4.69, 9.17) is 4.74 Å². The molecule has 2 atom stereocenters. The standard InChI is InChI=1S/C24H26F2N4O3/c1-15-10-30(14-27-15)22-4-3-17(7-23(22)33-2)24(32)28-20-9-21(31)13-29(12-20)11-16-5-18(25)8-19(26)6-16/h3-8,10,14,20-21,31H,9,11-13H2,1-2H3,(H,28,32). The Bertz CT molecular complexity index is 1130. The molecule has 0 radical (unpaired) electrons. The van der Waals surface area contributed by atoms with Gasteiger partial charge in [0.2, 0.25) is 0 Å². The molecule has 0 bridgehead atoms. The number of carbonyl (C=O) groups is 1. The number of aromatic nitrogens is 2. The molecule has 33 heavy (non-hydrogen) atoms. The molecular formula is C24H26F2N4O3. The first-order valence-corrected chi connectivity index (χ1v) is 10.7. The second-order valence-electron chi connectivity index (χ2n) is 8.34. The molecule has 174 valence electrons. The number of aliphatic hydroxyl groups excluding tert-OH is 1. The maximum atomic E-state index is 13.5. The number of likely N-dealkylation sites (tertiary alicyclic amines) is 1. The molecule has 2 heterocycles. The first kappa shape index (κ1) is 22.9. The van der Waals surface area contributed by atoms with E-state index < -0.39 is 17.7 Å². The monoisotopic (exact) mass is 456 g/mol. The minimum absolute atomic E-state index is 0.269. The Labute approximate surface area is 190 Å². The molecule has 1 aliphatic rings. The van der Waals surface area contributed by atoms with Crippen LogP contribution >= 0.6 is 0 Å². The van der Waals surface area contributed by atoms with Crippen LogP contribution in [0.25, 0.3) is 5.69 Å². The number of hydrogen-bond donors (Lipinski definition) is 2. The SMILES string of the molecule is COc1cc(C(=O)NC2CC(O)CN(Cc3cc(F)cc(F)c3)C2)ccc1-n1cnc(C)c1. The number of amides is 1. The Morgan fingerprint density at radius 1 is 1.21 bits per heavy atom. The van der Waals surface area contributed by atoms with E-state index in [0.29, 0.717) is 36.4 Å². The third kappa shape index (κ3) is 5.55. The highest BCUT2D eigenvalue weighted by Gasteiger charge is 2.28. The summed E-state index contributed by atoms with van der Waals surface area (Å²) >= 11 is 0. The number of nitrogens with zero attached hydrogens (tertiary/aromatic N) is 3. The van der Waals surface area contributed by atoms with Gasteiger partial charge in [-0.2, -0.15) is 0 Å². The summed E-state index contributed by atoms with van der Waals surface area (Å²) in [7, 11) is 1.54. The molecule has 1 aromatic heterocycles. The van der Waals surface area contributed by atoms with Crippen LogP contribution in [0.3, 0.4) is 0 Å². The summed E-state index contributed by atoms with van der Waals surface area (Å²) in [5.41, 5.74) is 2.52. The van der Waals surface area contributed by atoms with E-state index in [2.05, 4.69) is 10.3 Å². The summed E-state index contributed by atoms with van der Waals surface area (Å²) < 4.78 is 34.3. The molecule has 2 unspecified atom stereocenters. The van der Waals surface area contributed by atoms with E-state index in [1.165, 1.54) is 19.2 Å². The third-order valence-corrected chi connectivity index (χ3v) is 5.60. The average molecular weight is 456 g/mol. The van der Waals surface area contributed by atoms with Crippen molar-refractivity contribution in [3.05, 3.63) is 77.4 Å². The molecule has 0 saturated carbocycles. The van der Waals surface area contributed by atoms with Gasteiger partial charge in [-0.25, -0.2) is 13.8 Å². The van der Waals surface area contributed by atoms with Crippen LogP contribution in [-0.2, 0) is 6.54 Å². The number of halogens is 2. The molecule has 9 heteroatoms. The highest BCUT2D eigenvalue weighted by Crippen LogP contribution is 2.25. The first-order chi connectivity index (χ1) is 15.8. The Balaban J connectivity index is 1.44. The van der Waals surface area contributed by atoms with E-state index in [1.54, 1.807) is 24.5 Å². The quantitative estimate of drug-likeness (QED) is 0.597. The third-order valence-electron chi connectivity index (χ3n) is 5.60. The van der Waals surface area contributed by atoms with Crippen LogP contribution in [0.4, 0.5) is 8.78 Å². The van der Waals surface area contributed by atoms with Crippen LogP contribution in [0, 0.1) is 18.6 Å². The lowest BCUT2D eigenvalue weighted by Gasteiger charge is -2.36. The van der Waals surface area contributed by atoms with Crippen molar-refractivity contribution < 1.29 is 23.4 Å². The molecule has 7 nitrogen and oxygen atoms in total. The number of piperidine rings is 1. The van der Waals surface area contributed by atoms with E-state index in [0.717, 1.165) is 17.4 Å². The van der Waals surface area contributed by atoms with E-state index in [9.17, 15) is 18.7 Å². The van der Waals surface area contributed by atoms with Crippen molar-refractivity contribution in [1.82, 2.24) is 19.8 Å². The molecule has 0 spiro atoms. The Morgan fingerprint density at radius 3 is 2.64 bits per heavy atom. The Hall–Kier alpha value is -3.30. The number of nitrogens with one attached hydrogen (secondary N) is 1. The molecule has 3 aromatic rings. The molecule has 1 saturated heterocycles. The van der Waals surface area contributed by atoms with Crippen molar-refractivity contribution in [2.75, 3.05) is 20.2 Å². The molecular weight excluding hydrogens is 430 g/mol. The van der Waals surface area contributed by atoms with Gasteiger partial charge in [-0.15, -0.1) is 0 Å². The van der Waals surface area contributed by atoms with Crippen molar-refractivity contribution in [3.63, 3.8) is 0 Å². The van der Waals surface area contributed by atoms with Crippen LogP contribution < -0.4 is 10.1 Å². The van der Waals surface area contributed by atoms with Gasteiger partial charge in [0.15, 0.2) is 0 Å². The number of aryl methyl sites for hydroxylation is 1. The fourth-order valence-electron chi connectivity index (χ4n) is 4.21. The van der Waals surface area contributed by atoms with E-state index in [-0.39, 0.29) is 18.5 Å². The van der Waals surface area contributed by atoms with Crippen molar-refractivity contribution in [2.24, 2.45) is 0 Å². The lowest BCUT2D eigenvalue weighted by Crippen LogP contribution is -2.52. The normalized spacial score (nSPS) is 18.8. The van der Waals surface area contributed by atoms with Gasteiger partial charge in [0.05, 0.1) is 30.9 Å². The predicted octanol–water partition coefficient (Wildman–Crippen LogP) is 2.83. The van der Waals surface area contributed by atoms with Crippen LogP contribution in [-0.4, -0.2) is 57.8 Å². The smallest absolute Gasteiger partial charge is 0.251 e. The minimum atomic E-state index is -0.663. The predicted molar refractivity (Wildman–Crippen MR) is 118 cm³/mol. The second-order valence-corrected chi connectivity index (χ2v) is 8.34. The molecule has 2 aromatic carbocycles. The van der Waals surface area contributed by atoms with Crippen LogP contribution in [0.15, 0.2) is 48.9 Å². The highest BCUT2D eigenvalue weighted by atomic mass is 19.1. The van der Waals surface area contributed by atoms with Gasteiger partial charge in [-0.3, -0.25) is 9.69 Å². The number of carbonyl (C=O) groups excluding carboxylic acids is 1. The van der Waals surface area contributed by atoms with Gasteiger partial charge in [-0.1, -0.05) is 0 Å². The van der Waals surface area contributed by atoms with Gasteiger partial charge in [0, 0.05) is 43.5 Å². The molecule has 1 aliphatic heterocycles. The van der Waals surface area contributed by atoms with Crippen molar-refractivity contribution in [2.45, 2.75) is 32.0 Å². The van der Waals surface area contributed by atoms with Gasteiger partial charge in [0.1, 0.15) is 17.4 Å². The number of aliphatic hydroxyl groups is 1. The average Bonchev–Trinajstić information content (AvgIpc) is 3.18. The van der Waals surface area contributed by atoms with Crippen LogP contribution in [0.5, 0.6) is 5.75 Å². The summed E-state index contributed by atoms with van der Waals surface area (Å²) in [6, 6.07) is 8.20. The second kappa shape index (κ2) is 9.68. The number of β-amino-alcohol motifs (C(OH)–C–C–N with tert-alkyl or cyclic N) is 1. The molecule has 4 rings (SSSR count). The number of ether oxygens (including phenoxy) is 1. The van der Waals surface area contributed by atoms with Crippen molar-refractivity contribution >= 4 is 5.91 Å². The number of imidazole rings is 1. The number of rotatable bonds is 6. The zero-order valence-electron chi connectivity index (χ0n) is 18.5. The minimum Gasteiger partial charge on any atom is -0.495 e. The summed E-state index contributed by atoms with van der Waals surface area (Å²) in [5, 5.41) is 13.3. The summed E-state index contributed by atoms with van der Waals surface area (Å²) in [6.45, 7) is 2.96. The lowest BCUT2D eigenvalue weighted by molar-refractivity contribution is 0.0459. The van der Waals surface area contributed by atoms with Crippen molar-refractivity contribution in [3.8, 4) is 11.4 Å². The molecule has 2 N–H and O–H groups in total. The van der Waals surface area contributed by atoms with Crippen LogP contribution in [0.2, 0.25) is 0 Å². The van der Waals surface area contributed by atoms with E-state index >= 15 is 0 Å². The maximum Gasteiger partial charge on any atom is 0.251 e. The first-order valence-electron chi connectivity index (χ1n) is 10.7. The fourth-order valence-corrected chi connectivity index (χ4v) is 4.21. The topological polar surface area (TPSA) is 79.6 Å². The lowest BCUT2D eigenvalue weighted by atomic mass is 10.0. The summed E-state index contributed by atoms with van der Waals surface area (Å²) in [4.78, 5) is 19.0. The highest BCUT2D eigenvalue weighted by molar-refractivity contribution is 5.95. The number of methoxy groups -OCH3 is 1. The number of benzene rings is 2. The summed E-state index contributed by atoms with van der Waals surface area (Å²) in [6.07, 6.45) is 3.27. The zero-order chi connectivity index (χ0) is 23.5. The molecule has 1 amide bonds. The van der Waals surface area contributed by atoms with Gasteiger partial charge in [-0.05, 0) is 49.2 Å². The van der Waals surface area contributed by atoms with Gasteiger partial charge >= 0.3 is 0 Å². The molecule has 0 aliphatic carbocycles. The molecule has 1 fully saturated rings. The van der Waals surface area contributed by atoms with Gasteiger partial charge < -0.3 is 19.7 Å².